The first-order valence-corrected chi connectivity index (χ1v) is 8.59. The first-order valence-electron chi connectivity index (χ1n) is 8.21. The van der Waals surface area contributed by atoms with Crippen molar-refractivity contribution in [2.75, 3.05) is 31.1 Å². The Balaban J connectivity index is 1.73. The predicted molar refractivity (Wildman–Crippen MR) is 97.3 cm³/mol. The molecule has 0 radical (unpaired) electrons. The van der Waals surface area contributed by atoms with Gasteiger partial charge in [-0.25, -0.2) is 8.78 Å². The van der Waals surface area contributed by atoms with Gasteiger partial charge in [0.05, 0.1) is 15.6 Å². The predicted octanol–water partition coefficient (Wildman–Crippen LogP) is 3.80. The zero-order chi connectivity index (χ0) is 19.7. The normalized spacial score (nSPS) is 14.4. The highest BCUT2D eigenvalue weighted by atomic mass is 35.5. The number of hydrogen-bond acceptors (Lipinski definition) is 4. The minimum atomic E-state index is -1.06. The SMILES string of the molecule is Cc1cc([N+](=O)[O-])cc(Cl)c1N1CCN(C(=O)c2ccc(F)c(F)c2)CC1. The van der Waals surface area contributed by atoms with Crippen molar-refractivity contribution in [1.29, 1.82) is 0 Å². The summed E-state index contributed by atoms with van der Waals surface area (Å²) >= 11 is 6.24. The van der Waals surface area contributed by atoms with Gasteiger partial charge < -0.3 is 9.80 Å². The summed E-state index contributed by atoms with van der Waals surface area (Å²) in [7, 11) is 0. The highest BCUT2D eigenvalue weighted by Crippen LogP contribution is 2.34. The van der Waals surface area contributed by atoms with E-state index in [1.165, 1.54) is 18.2 Å². The Morgan fingerprint density at radius 3 is 2.33 bits per heavy atom. The third-order valence-corrected chi connectivity index (χ3v) is 4.79. The molecule has 0 aliphatic carbocycles. The first kappa shape index (κ1) is 19.0. The van der Waals surface area contributed by atoms with Crippen LogP contribution in [0.25, 0.3) is 0 Å². The lowest BCUT2D eigenvalue weighted by Crippen LogP contribution is -2.49. The fourth-order valence-electron chi connectivity index (χ4n) is 3.17. The third-order valence-electron chi connectivity index (χ3n) is 4.50. The van der Waals surface area contributed by atoms with Crippen molar-refractivity contribution in [3.8, 4) is 0 Å². The summed E-state index contributed by atoms with van der Waals surface area (Å²) in [5.41, 5.74) is 1.39. The number of benzene rings is 2. The molecule has 1 aliphatic rings. The van der Waals surface area contributed by atoms with Gasteiger partial charge >= 0.3 is 0 Å². The molecule has 2 aromatic carbocycles. The van der Waals surface area contributed by atoms with Gasteiger partial charge in [0.2, 0.25) is 0 Å². The standard InChI is InChI=1S/C18H16ClF2N3O3/c1-11-8-13(24(26)27)10-14(19)17(11)22-4-6-23(7-5-22)18(25)12-2-3-15(20)16(21)9-12/h2-3,8-10H,4-7H2,1H3. The van der Waals surface area contributed by atoms with E-state index in [2.05, 4.69) is 0 Å². The van der Waals surface area contributed by atoms with Crippen LogP contribution < -0.4 is 4.90 Å². The second kappa shape index (κ2) is 7.48. The Labute approximate surface area is 159 Å². The lowest BCUT2D eigenvalue weighted by Gasteiger charge is -2.37. The van der Waals surface area contributed by atoms with E-state index in [4.69, 9.17) is 11.6 Å². The number of rotatable bonds is 3. The number of piperazine rings is 1. The largest absolute Gasteiger partial charge is 0.367 e. The number of aryl methyl sites for hydroxylation is 1. The van der Waals surface area contributed by atoms with E-state index < -0.39 is 16.6 Å². The molecule has 1 saturated heterocycles. The number of carbonyl (C=O) groups excluding carboxylic acids is 1. The Morgan fingerprint density at radius 1 is 1.11 bits per heavy atom. The highest BCUT2D eigenvalue weighted by Gasteiger charge is 2.26. The van der Waals surface area contributed by atoms with Gasteiger partial charge in [-0.15, -0.1) is 0 Å². The molecule has 0 bridgehead atoms. The van der Waals surface area contributed by atoms with E-state index in [-0.39, 0.29) is 22.2 Å². The van der Waals surface area contributed by atoms with Crippen LogP contribution in [0.1, 0.15) is 15.9 Å². The van der Waals surface area contributed by atoms with E-state index in [1.54, 1.807) is 11.8 Å². The molecule has 0 N–H and O–H groups in total. The van der Waals surface area contributed by atoms with Gasteiger partial charge in [0.15, 0.2) is 11.6 Å². The van der Waals surface area contributed by atoms with Crippen LogP contribution in [0.5, 0.6) is 0 Å². The average molecular weight is 396 g/mol. The van der Waals surface area contributed by atoms with Crippen molar-refractivity contribution in [3.63, 3.8) is 0 Å². The topological polar surface area (TPSA) is 66.7 Å². The maximum atomic E-state index is 13.4. The lowest BCUT2D eigenvalue weighted by molar-refractivity contribution is -0.384. The van der Waals surface area contributed by atoms with E-state index in [0.717, 1.165) is 12.1 Å². The molecule has 3 rings (SSSR count). The monoisotopic (exact) mass is 395 g/mol. The molecule has 0 atom stereocenters. The summed E-state index contributed by atoms with van der Waals surface area (Å²) in [6, 6.07) is 5.84. The summed E-state index contributed by atoms with van der Waals surface area (Å²) < 4.78 is 26.4. The number of nitro groups is 1. The number of hydrogen-bond donors (Lipinski definition) is 0. The number of carbonyl (C=O) groups is 1. The molecule has 1 heterocycles. The molecule has 9 heteroatoms. The van der Waals surface area contributed by atoms with Gasteiger partial charge in [-0.2, -0.15) is 0 Å². The second-order valence-corrected chi connectivity index (χ2v) is 6.67. The second-order valence-electron chi connectivity index (χ2n) is 6.26. The Kier molecular flexibility index (Phi) is 5.27. The zero-order valence-corrected chi connectivity index (χ0v) is 15.2. The van der Waals surface area contributed by atoms with Gasteiger partial charge in [-0.1, -0.05) is 11.6 Å². The molecular formula is C18H16ClF2N3O3. The molecule has 0 unspecified atom stereocenters. The van der Waals surface area contributed by atoms with Crippen LogP contribution in [0.15, 0.2) is 30.3 Å². The van der Waals surface area contributed by atoms with Crippen molar-refractivity contribution in [3.05, 3.63) is 68.2 Å². The molecule has 1 amide bonds. The molecule has 0 saturated carbocycles. The van der Waals surface area contributed by atoms with E-state index in [1.807, 2.05) is 4.90 Å². The quantitative estimate of drug-likeness (QED) is 0.585. The van der Waals surface area contributed by atoms with Crippen LogP contribution in [0, 0.1) is 28.7 Å². The van der Waals surface area contributed by atoms with E-state index in [0.29, 0.717) is 37.4 Å². The van der Waals surface area contributed by atoms with Crippen LogP contribution >= 0.6 is 11.6 Å². The summed E-state index contributed by atoms with van der Waals surface area (Å²) in [6.45, 7) is 3.41. The molecular weight excluding hydrogens is 380 g/mol. The average Bonchev–Trinajstić information content (AvgIpc) is 2.63. The molecule has 27 heavy (non-hydrogen) atoms. The molecule has 0 aromatic heterocycles. The number of nitro benzene ring substituents is 1. The fourth-order valence-corrected chi connectivity index (χ4v) is 3.55. The Hall–Kier alpha value is -2.74. The molecule has 0 spiro atoms. The van der Waals surface area contributed by atoms with Gasteiger partial charge in [0.1, 0.15) is 0 Å². The number of amides is 1. The smallest absolute Gasteiger partial charge is 0.271 e. The molecule has 2 aromatic rings. The summed E-state index contributed by atoms with van der Waals surface area (Å²) in [6.07, 6.45) is 0. The molecule has 1 aliphatic heterocycles. The lowest BCUT2D eigenvalue weighted by atomic mass is 10.1. The number of non-ortho nitro benzene ring substituents is 1. The van der Waals surface area contributed by atoms with Crippen LogP contribution in [0.4, 0.5) is 20.2 Å². The summed E-state index contributed by atoms with van der Waals surface area (Å²) in [4.78, 5) is 26.4. The summed E-state index contributed by atoms with van der Waals surface area (Å²) in [5.74, 6) is -2.44. The van der Waals surface area contributed by atoms with E-state index in [9.17, 15) is 23.7 Å². The van der Waals surface area contributed by atoms with E-state index >= 15 is 0 Å². The van der Waals surface area contributed by atoms with Crippen molar-refractivity contribution in [2.45, 2.75) is 6.92 Å². The maximum absolute atomic E-state index is 13.4. The summed E-state index contributed by atoms with van der Waals surface area (Å²) in [5, 5.41) is 11.2. The van der Waals surface area contributed by atoms with Crippen LogP contribution in [0.3, 0.4) is 0 Å². The third kappa shape index (κ3) is 3.85. The first-order chi connectivity index (χ1) is 12.8. The molecule has 1 fully saturated rings. The number of nitrogens with zero attached hydrogens (tertiary/aromatic N) is 3. The highest BCUT2D eigenvalue weighted by molar-refractivity contribution is 6.33. The molecule has 6 nitrogen and oxygen atoms in total. The minimum Gasteiger partial charge on any atom is -0.367 e. The van der Waals surface area contributed by atoms with Gasteiger partial charge in [0.25, 0.3) is 11.6 Å². The van der Waals surface area contributed by atoms with Crippen molar-refractivity contribution in [1.82, 2.24) is 4.90 Å². The van der Waals surface area contributed by atoms with Crippen molar-refractivity contribution < 1.29 is 18.5 Å². The maximum Gasteiger partial charge on any atom is 0.271 e. The number of anilines is 1. The molecule has 142 valence electrons. The van der Waals surface area contributed by atoms with Crippen LogP contribution in [0.2, 0.25) is 5.02 Å². The van der Waals surface area contributed by atoms with Gasteiger partial charge in [-0.3, -0.25) is 14.9 Å². The van der Waals surface area contributed by atoms with Gasteiger partial charge in [0, 0.05) is 43.9 Å². The van der Waals surface area contributed by atoms with Crippen LogP contribution in [-0.2, 0) is 0 Å². The minimum absolute atomic E-state index is 0.0756. The van der Waals surface area contributed by atoms with Crippen molar-refractivity contribution >= 4 is 28.9 Å². The van der Waals surface area contributed by atoms with Crippen molar-refractivity contribution in [2.24, 2.45) is 0 Å². The Morgan fingerprint density at radius 2 is 1.78 bits per heavy atom. The number of halogens is 3. The Bertz CT molecular complexity index is 892. The van der Waals surface area contributed by atoms with Crippen LogP contribution in [-0.4, -0.2) is 41.9 Å². The van der Waals surface area contributed by atoms with Gasteiger partial charge in [-0.05, 0) is 30.7 Å². The zero-order valence-electron chi connectivity index (χ0n) is 14.4. The fraction of sp³-hybridized carbons (Fsp3) is 0.278.